The molecule has 2 nitrogen and oxygen atoms in total. The van der Waals surface area contributed by atoms with Crippen LogP contribution in [0.5, 0.6) is 0 Å². The van der Waals surface area contributed by atoms with Gasteiger partial charge in [-0.2, -0.15) is 0 Å². The summed E-state index contributed by atoms with van der Waals surface area (Å²) in [6.07, 6.45) is 0. The van der Waals surface area contributed by atoms with Crippen LogP contribution in [0.15, 0.2) is 261 Å². The largest absolute Gasteiger partial charge is 0.310 e. The molecule has 2 aliphatic rings. The Bertz CT molecular complexity index is 5080. The SMILES string of the molecule is CC(C)(c1ccccc1)c1ccc2c(c1)c1cc(C(C)(C)c3ccccc3)cc3c1n2-c1cc(-c2c(-c4ccccc4)cccc2-c2ccccc2)cc2c1B3c1cc3c4ccccc4c4ccccc4c3c3c4ccccc4n-2c13. The summed E-state index contributed by atoms with van der Waals surface area (Å²) >= 11 is 0. The van der Waals surface area contributed by atoms with Crippen molar-refractivity contribution in [2.75, 3.05) is 0 Å². The monoisotopic (exact) mass is 1030 g/mol. The Hall–Kier alpha value is -9.70. The normalized spacial score (nSPS) is 12.9. The smallest absolute Gasteiger partial charge is 0.252 e. The number of nitrogens with zero attached hydrogens (tertiary/aromatic N) is 2. The summed E-state index contributed by atoms with van der Waals surface area (Å²) in [4.78, 5) is 0. The average Bonchev–Trinajstić information content (AvgIpc) is 2.00. The Kier molecular flexibility index (Phi) is 9.65. The first-order chi connectivity index (χ1) is 39.7. The van der Waals surface area contributed by atoms with Crippen molar-refractivity contribution < 1.29 is 0 Å². The number of para-hydroxylation sites is 1. The second-order valence-corrected chi connectivity index (χ2v) is 23.9. The van der Waals surface area contributed by atoms with Crippen molar-refractivity contribution in [3.8, 4) is 44.8 Å². The van der Waals surface area contributed by atoms with Crippen LogP contribution in [0, 0.1) is 0 Å². The molecule has 0 saturated carbocycles. The Balaban J connectivity index is 1.09. The van der Waals surface area contributed by atoms with Crippen molar-refractivity contribution in [2.24, 2.45) is 0 Å². The van der Waals surface area contributed by atoms with Gasteiger partial charge in [0.15, 0.2) is 0 Å². The second-order valence-electron chi connectivity index (χ2n) is 23.9. The topological polar surface area (TPSA) is 9.86 Å². The lowest BCUT2D eigenvalue weighted by Crippen LogP contribution is -2.59. The molecule has 4 heterocycles. The van der Waals surface area contributed by atoms with E-state index in [0.29, 0.717) is 0 Å². The van der Waals surface area contributed by atoms with Gasteiger partial charge in [0, 0.05) is 54.7 Å². The van der Waals surface area contributed by atoms with Crippen molar-refractivity contribution in [1.82, 2.24) is 9.13 Å². The molecule has 0 atom stereocenters. The average molecular weight is 1030 g/mol. The maximum Gasteiger partial charge on any atom is 0.252 e. The summed E-state index contributed by atoms with van der Waals surface area (Å²) in [5.41, 5.74) is 23.4. The highest BCUT2D eigenvalue weighted by Crippen LogP contribution is 2.49. The molecule has 3 heteroatoms. The molecule has 0 bridgehead atoms. The zero-order valence-corrected chi connectivity index (χ0v) is 45.8. The molecule has 81 heavy (non-hydrogen) atoms. The zero-order valence-electron chi connectivity index (χ0n) is 45.8. The van der Waals surface area contributed by atoms with Gasteiger partial charge in [0.1, 0.15) is 0 Å². The molecule has 0 saturated heterocycles. The van der Waals surface area contributed by atoms with Gasteiger partial charge in [-0.1, -0.05) is 252 Å². The van der Waals surface area contributed by atoms with Crippen LogP contribution in [-0.4, -0.2) is 15.8 Å². The van der Waals surface area contributed by atoms with Crippen molar-refractivity contribution in [2.45, 2.75) is 38.5 Å². The molecule has 0 spiro atoms. The molecule has 0 fully saturated rings. The van der Waals surface area contributed by atoms with Crippen LogP contribution in [-0.2, 0) is 10.8 Å². The lowest BCUT2D eigenvalue weighted by molar-refractivity contribution is 0.641. The Morgan fingerprint density at radius 3 is 1.38 bits per heavy atom. The Morgan fingerprint density at radius 1 is 0.296 bits per heavy atom. The van der Waals surface area contributed by atoms with Gasteiger partial charge in [0.2, 0.25) is 0 Å². The van der Waals surface area contributed by atoms with Gasteiger partial charge >= 0.3 is 0 Å². The molecule has 0 aliphatic carbocycles. The van der Waals surface area contributed by atoms with E-state index >= 15 is 0 Å². The summed E-state index contributed by atoms with van der Waals surface area (Å²) in [6.45, 7) is 9.50. The van der Waals surface area contributed by atoms with Crippen LogP contribution >= 0.6 is 0 Å². The van der Waals surface area contributed by atoms with E-state index < -0.39 is 0 Å². The highest BCUT2D eigenvalue weighted by molar-refractivity contribution is 7.00. The molecule has 0 N–H and O–H groups in total. The minimum atomic E-state index is -0.319. The van der Waals surface area contributed by atoms with E-state index in [0.717, 1.165) is 0 Å². The van der Waals surface area contributed by atoms with Crippen LogP contribution in [0.3, 0.4) is 0 Å². The van der Waals surface area contributed by atoms with Crippen LogP contribution < -0.4 is 16.4 Å². The van der Waals surface area contributed by atoms with E-state index in [1.54, 1.807) is 0 Å². The minimum absolute atomic E-state index is 0.109. The van der Waals surface area contributed by atoms with Crippen LogP contribution in [0.2, 0.25) is 0 Å². The van der Waals surface area contributed by atoms with E-state index in [4.69, 9.17) is 0 Å². The predicted octanol–water partition coefficient (Wildman–Crippen LogP) is 18.1. The number of rotatable bonds is 7. The fourth-order valence-electron chi connectivity index (χ4n) is 15.0. The summed E-state index contributed by atoms with van der Waals surface area (Å²) in [5, 5.41) is 12.9. The predicted molar refractivity (Wildman–Crippen MR) is 346 cm³/mol. The van der Waals surface area contributed by atoms with E-state index in [1.807, 2.05) is 0 Å². The maximum absolute atomic E-state index is 2.68. The van der Waals surface area contributed by atoms with Crippen LogP contribution in [0.4, 0.5) is 0 Å². The standard InChI is InChI=1S/C78H55BN2/c1-77(2,51-28-13-7-14-29-51)53-40-41-68-62(44-53)64-45-54(78(3,4)52-30-15-8-16-31-52)46-65-75(64)80(68)69-42-50(71-55(48-24-9-5-10-25-48)37-23-38-56(71)49-26-11-6-12-27-49)43-70-74(69)79(65)66-47-63-59-34-18-17-32-57(59)58-33-19-20-35-60(58)72(63)73-61-36-21-22-39-67(61)81(70)76(66)73/h5-47H,1-4H3. The highest BCUT2D eigenvalue weighted by Gasteiger charge is 2.43. The molecule has 0 unspecified atom stereocenters. The van der Waals surface area contributed by atoms with Crippen molar-refractivity contribution in [3.05, 3.63) is 283 Å². The molecule has 380 valence electrons. The summed E-state index contributed by atoms with van der Waals surface area (Å²) in [6, 6.07) is 99.0. The third-order valence-corrected chi connectivity index (χ3v) is 19.0. The van der Waals surface area contributed by atoms with Crippen LogP contribution in [0.1, 0.15) is 49.9 Å². The first-order valence-corrected chi connectivity index (χ1v) is 28.7. The number of fused-ring (bicyclic) bond motifs is 17. The third-order valence-electron chi connectivity index (χ3n) is 19.0. The van der Waals surface area contributed by atoms with E-state index in [9.17, 15) is 0 Å². The molecule has 0 amide bonds. The van der Waals surface area contributed by atoms with Crippen molar-refractivity contribution >= 4 is 99.0 Å². The van der Waals surface area contributed by atoms with Crippen molar-refractivity contribution in [3.63, 3.8) is 0 Å². The van der Waals surface area contributed by atoms with Gasteiger partial charge in [-0.25, -0.2) is 0 Å². The fourth-order valence-corrected chi connectivity index (χ4v) is 15.0. The van der Waals surface area contributed by atoms with E-state index in [-0.39, 0.29) is 17.5 Å². The second kappa shape index (κ2) is 16.9. The Morgan fingerprint density at radius 2 is 0.765 bits per heavy atom. The van der Waals surface area contributed by atoms with Gasteiger partial charge in [-0.05, 0) is 135 Å². The molecule has 2 aliphatic heterocycles. The number of aromatic nitrogens is 2. The van der Waals surface area contributed by atoms with Crippen LogP contribution in [0.25, 0.3) is 121 Å². The summed E-state index contributed by atoms with van der Waals surface area (Å²) < 4.78 is 5.37. The number of benzene rings is 13. The zero-order chi connectivity index (χ0) is 53.9. The number of hydrogen-bond acceptors (Lipinski definition) is 0. The third kappa shape index (κ3) is 6.40. The van der Waals surface area contributed by atoms with E-state index in [1.165, 1.54) is 159 Å². The molecular weight excluding hydrogens is 976 g/mol. The Labute approximate surface area is 471 Å². The van der Waals surface area contributed by atoms with Gasteiger partial charge in [0.05, 0.1) is 16.6 Å². The van der Waals surface area contributed by atoms with Gasteiger partial charge < -0.3 is 9.13 Å². The lowest BCUT2D eigenvalue weighted by atomic mass is 9.34. The quantitative estimate of drug-likeness (QED) is 0.111. The first-order valence-electron chi connectivity index (χ1n) is 28.7. The molecule has 13 aromatic carbocycles. The minimum Gasteiger partial charge on any atom is -0.310 e. The lowest BCUT2D eigenvalue weighted by Gasteiger charge is -2.36. The molecule has 2 aromatic heterocycles. The molecule has 15 aromatic rings. The maximum atomic E-state index is 2.68. The summed E-state index contributed by atoms with van der Waals surface area (Å²) in [5.74, 6) is 0. The molecular formula is C78H55BN2. The highest BCUT2D eigenvalue weighted by atomic mass is 15.0. The summed E-state index contributed by atoms with van der Waals surface area (Å²) in [7, 11) is 0. The molecule has 0 radical (unpaired) electrons. The van der Waals surface area contributed by atoms with Gasteiger partial charge in [0.25, 0.3) is 6.71 Å². The molecule has 17 rings (SSSR count). The van der Waals surface area contributed by atoms with Crippen molar-refractivity contribution in [1.29, 1.82) is 0 Å². The van der Waals surface area contributed by atoms with Gasteiger partial charge in [-0.3, -0.25) is 0 Å². The number of hydrogen-bond donors (Lipinski definition) is 0. The van der Waals surface area contributed by atoms with Gasteiger partial charge in [-0.15, -0.1) is 0 Å². The van der Waals surface area contributed by atoms with E-state index in [2.05, 4.69) is 298 Å². The first kappa shape index (κ1) is 46.2. The fraction of sp³-hybridized carbons (Fsp3) is 0.0769.